The summed E-state index contributed by atoms with van der Waals surface area (Å²) < 4.78 is 4.84. The Kier molecular flexibility index (Phi) is 3.42. The first-order valence-electron chi connectivity index (χ1n) is 6.17. The van der Waals surface area contributed by atoms with Crippen molar-refractivity contribution in [2.24, 2.45) is 0 Å². The second-order valence-electron chi connectivity index (χ2n) is 4.63. The molecule has 1 aliphatic rings. The van der Waals surface area contributed by atoms with Crippen LogP contribution < -0.4 is 0 Å². The zero-order chi connectivity index (χ0) is 14.0. The van der Waals surface area contributed by atoms with Crippen LogP contribution in [0.2, 0.25) is 0 Å². The Morgan fingerprint density at radius 2 is 2.05 bits per heavy atom. The number of esters is 1. The van der Waals surface area contributed by atoms with Gasteiger partial charge in [0.25, 0.3) is 5.91 Å². The molecule has 19 heavy (non-hydrogen) atoms. The van der Waals surface area contributed by atoms with E-state index in [0.717, 1.165) is 0 Å². The Hall–Kier alpha value is -2.10. The number of benzene rings is 1. The normalized spacial score (nSPS) is 24.7. The molecule has 2 atom stereocenters. The maximum atomic E-state index is 12.4. The van der Waals surface area contributed by atoms with Gasteiger partial charge in [-0.25, -0.2) is 4.79 Å². The molecule has 0 bridgehead atoms. The lowest BCUT2D eigenvalue weighted by atomic mass is 10.0. The molecule has 1 fully saturated rings. The highest BCUT2D eigenvalue weighted by molar-refractivity contribution is 6.03. The first-order valence-corrected chi connectivity index (χ1v) is 6.17. The van der Waals surface area contributed by atoms with Crippen molar-refractivity contribution in [2.75, 3.05) is 7.11 Å². The third-order valence-corrected chi connectivity index (χ3v) is 3.67. The van der Waals surface area contributed by atoms with E-state index in [0.29, 0.717) is 12.0 Å². The fraction of sp³-hybridized carbons (Fsp3) is 0.333. The third kappa shape index (κ3) is 1.93. The van der Waals surface area contributed by atoms with Crippen molar-refractivity contribution in [1.82, 2.24) is 4.90 Å². The zero-order valence-corrected chi connectivity index (χ0v) is 11.1. The summed E-state index contributed by atoms with van der Waals surface area (Å²) in [6.07, 6.45) is 2.05. The summed E-state index contributed by atoms with van der Waals surface area (Å²) >= 11 is 0. The van der Waals surface area contributed by atoms with Crippen LogP contribution in [0.15, 0.2) is 43.0 Å². The maximum Gasteiger partial charge on any atom is 0.334 e. The van der Waals surface area contributed by atoms with Gasteiger partial charge >= 0.3 is 5.97 Å². The van der Waals surface area contributed by atoms with Gasteiger partial charge in [-0.1, -0.05) is 24.3 Å². The number of hydrogen-bond donors (Lipinski definition) is 0. The van der Waals surface area contributed by atoms with Crippen LogP contribution in [0.4, 0.5) is 0 Å². The first kappa shape index (κ1) is 13.3. The molecule has 0 spiro atoms. The lowest BCUT2D eigenvalue weighted by molar-refractivity contribution is -0.144. The molecule has 1 amide bonds. The van der Waals surface area contributed by atoms with Gasteiger partial charge in [-0.3, -0.25) is 4.79 Å². The fourth-order valence-corrected chi connectivity index (χ4v) is 2.57. The average Bonchev–Trinajstić information content (AvgIpc) is 3.04. The highest BCUT2D eigenvalue weighted by Gasteiger charge is 2.68. The third-order valence-electron chi connectivity index (χ3n) is 3.67. The molecule has 1 aliphatic heterocycles. The molecule has 0 N–H and O–H groups in total. The highest BCUT2D eigenvalue weighted by atomic mass is 16.5. The van der Waals surface area contributed by atoms with Gasteiger partial charge < -0.3 is 9.64 Å². The average molecular weight is 259 g/mol. The number of nitrogens with zero attached hydrogens (tertiary/aromatic N) is 1. The summed E-state index contributed by atoms with van der Waals surface area (Å²) in [6, 6.07) is 8.75. The van der Waals surface area contributed by atoms with Gasteiger partial charge in [-0.15, -0.1) is 6.58 Å². The monoisotopic (exact) mass is 259 g/mol. The van der Waals surface area contributed by atoms with E-state index in [2.05, 4.69) is 6.58 Å². The molecular formula is C15H17NO3. The second-order valence-corrected chi connectivity index (χ2v) is 4.63. The molecule has 0 aliphatic carbocycles. The van der Waals surface area contributed by atoms with E-state index in [1.807, 2.05) is 13.0 Å². The number of carbonyl (C=O) groups excluding carboxylic acids is 2. The molecule has 0 saturated carbocycles. The van der Waals surface area contributed by atoms with Gasteiger partial charge in [0, 0.05) is 12.0 Å². The summed E-state index contributed by atoms with van der Waals surface area (Å²) in [6.45, 7) is 5.51. The van der Waals surface area contributed by atoms with Gasteiger partial charge in [-0.05, 0) is 19.1 Å². The zero-order valence-electron chi connectivity index (χ0n) is 11.1. The van der Waals surface area contributed by atoms with Crippen LogP contribution >= 0.6 is 0 Å². The summed E-state index contributed by atoms with van der Waals surface area (Å²) in [4.78, 5) is 26.0. The maximum absolute atomic E-state index is 12.4. The Morgan fingerprint density at radius 3 is 2.58 bits per heavy atom. The number of ether oxygens (including phenoxy) is 1. The van der Waals surface area contributed by atoms with E-state index >= 15 is 0 Å². The minimum atomic E-state index is -0.885. The minimum Gasteiger partial charge on any atom is -0.467 e. The standard InChI is InChI=1S/C15H17NO3/c1-4-10-15(14(18)19-3)11(2)16(15)13(17)12-8-6-5-7-9-12/h4-9,11H,1,10H2,2-3H3/t11-,15+,16?/m0/s1. The van der Waals surface area contributed by atoms with Gasteiger partial charge in [0.2, 0.25) is 0 Å². The summed E-state index contributed by atoms with van der Waals surface area (Å²) in [5.41, 5.74) is -0.312. The lowest BCUT2D eigenvalue weighted by Gasteiger charge is -2.13. The fourth-order valence-electron chi connectivity index (χ4n) is 2.57. The number of amides is 1. The molecule has 1 heterocycles. The molecule has 1 aromatic carbocycles. The smallest absolute Gasteiger partial charge is 0.334 e. The van der Waals surface area contributed by atoms with Crippen molar-refractivity contribution < 1.29 is 14.3 Å². The minimum absolute atomic E-state index is 0.152. The molecule has 4 nitrogen and oxygen atoms in total. The Balaban J connectivity index is 2.29. The van der Waals surface area contributed by atoms with E-state index in [1.165, 1.54) is 7.11 Å². The van der Waals surface area contributed by atoms with Crippen LogP contribution in [0.25, 0.3) is 0 Å². The molecule has 100 valence electrons. The second kappa shape index (κ2) is 4.88. The quantitative estimate of drug-likeness (QED) is 0.472. The molecule has 1 saturated heterocycles. The molecular weight excluding hydrogens is 242 g/mol. The largest absolute Gasteiger partial charge is 0.467 e. The SMILES string of the molecule is C=CC[C@]1(C(=O)OC)[C@H](C)N1C(=O)c1ccccc1. The van der Waals surface area contributed by atoms with Crippen molar-refractivity contribution >= 4 is 11.9 Å². The topological polar surface area (TPSA) is 46.4 Å². The van der Waals surface area contributed by atoms with Crippen molar-refractivity contribution in [3.8, 4) is 0 Å². The van der Waals surface area contributed by atoms with E-state index in [1.54, 1.807) is 35.2 Å². The molecule has 0 unspecified atom stereocenters. The van der Waals surface area contributed by atoms with Crippen LogP contribution in [-0.4, -0.2) is 35.5 Å². The number of carbonyl (C=O) groups is 2. The van der Waals surface area contributed by atoms with Gasteiger partial charge in [0.1, 0.15) is 0 Å². The predicted molar refractivity (Wildman–Crippen MR) is 71.6 cm³/mol. The molecule has 2 rings (SSSR count). The van der Waals surface area contributed by atoms with E-state index < -0.39 is 5.54 Å². The van der Waals surface area contributed by atoms with Crippen molar-refractivity contribution in [3.63, 3.8) is 0 Å². The molecule has 4 heteroatoms. The van der Waals surface area contributed by atoms with Gasteiger partial charge in [0.05, 0.1) is 13.2 Å². The van der Waals surface area contributed by atoms with E-state index in [4.69, 9.17) is 4.74 Å². The van der Waals surface area contributed by atoms with Crippen LogP contribution in [0, 0.1) is 0 Å². The van der Waals surface area contributed by atoms with E-state index in [9.17, 15) is 9.59 Å². The van der Waals surface area contributed by atoms with Crippen LogP contribution in [0.5, 0.6) is 0 Å². The van der Waals surface area contributed by atoms with E-state index in [-0.39, 0.29) is 17.9 Å². The predicted octanol–water partition coefficient (Wildman–Crippen LogP) is 2.02. The lowest BCUT2D eigenvalue weighted by Crippen LogP contribution is -2.33. The van der Waals surface area contributed by atoms with Crippen molar-refractivity contribution in [2.45, 2.75) is 24.9 Å². The summed E-state index contributed by atoms with van der Waals surface area (Å²) in [7, 11) is 1.34. The Bertz CT molecular complexity index is 511. The molecule has 0 radical (unpaired) electrons. The number of rotatable bonds is 4. The van der Waals surface area contributed by atoms with Gasteiger partial charge in [-0.2, -0.15) is 0 Å². The van der Waals surface area contributed by atoms with Crippen LogP contribution in [0.3, 0.4) is 0 Å². The Labute approximate surface area is 112 Å². The summed E-state index contributed by atoms with van der Waals surface area (Å²) in [5, 5.41) is 0. The van der Waals surface area contributed by atoms with Crippen LogP contribution in [-0.2, 0) is 9.53 Å². The van der Waals surface area contributed by atoms with Crippen molar-refractivity contribution in [3.05, 3.63) is 48.6 Å². The van der Waals surface area contributed by atoms with Gasteiger partial charge in [0.15, 0.2) is 5.54 Å². The highest BCUT2D eigenvalue weighted by Crippen LogP contribution is 2.46. The first-order chi connectivity index (χ1) is 9.09. The Morgan fingerprint density at radius 1 is 1.42 bits per heavy atom. The molecule has 1 aromatic rings. The summed E-state index contributed by atoms with van der Waals surface area (Å²) in [5.74, 6) is -0.537. The number of methoxy groups -OCH3 is 1. The van der Waals surface area contributed by atoms with Crippen molar-refractivity contribution in [1.29, 1.82) is 0 Å². The van der Waals surface area contributed by atoms with Crippen LogP contribution in [0.1, 0.15) is 23.7 Å². The molecule has 0 aromatic heterocycles. The number of hydrogen-bond acceptors (Lipinski definition) is 3.